The van der Waals surface area contributed by atoms with Crippen molar-refractivity contribution < 1.29 is 9.90 Å². The fourth-order valence-electron chi connectivity index (χ4n) is 2.91. The summed E-state index contributed by atoms with van der Waals surface area (Å²) in [6.07, 6.45) is -0.125. The molecule has 120 valence electrons. The van der Waals surface area contributed by atoms with Crippen molar-refractivity contribution in [1.82, 2.24) is 5.32 Å². The average Bonchev–Trinajstić information content (AvgIpc) is 2.95. The van der Waals surface area contributed by atoms with Crippen LogP contribution in [0.4, 0.5) is 5.69 Å². The summed E-state index contributed by atoms with van der Waals surface area (Å²) in [5.41, 5.74) is 1.97. The van der Waals surface area contributed by atoms with Gasteiger partial charge >= 0.3 is 0 Å². The van der Waals surface area contributed by atoms with Gasteiger partial charge in [-0.2, -0.15) is 0 Å². The Morgan fingerprint density at radius 1 is 1.22 bits per heavy atom. The standard InChI is InChI=1S/C18H19BrN2O2/c19-14-6-4-5-13(11-14)12-20-17(22)16-9-10-21(18(16)23)15-7-2-1-3-8-15/h1-8,11,16,18,23H,9-10,12H2,(H,20,22). The second kappa shape index (κ2) is 7.15. The van der Waals surface area contributed by atoms with E-state index in [1.165, 1.54) is 0 Å². The van der Waals surface area contributed by atoms with Crippen LogP contribution < -0.4 is 10.2 Å². The van der Waals surface area contributed by atoms with Crippen molar-refractivity contribution in [2.24, 2.45) is 5.92 Å². The summed E-state index contributed by atoms with van der Waals surface area (Å²) in [6, 6.07) is 17.5. The smallest absolute Gasteiger partial charge is 0.227 e. The molecule has 2 unspecified atom stereocenters. The maximum Gasteiger partial charge on any atom is 0.227 e. The van der Waals surface area contributed by atoms with Crippen molar-refractivity contribution >= 4 is 27.5 Å². The van der Waals surface area contributed by atoms with E-state index in [-0.39, 0.29) is 5.91 Å². The zero-order valence-corrected chi connectivity index (χ0v) is 14.2. The maximum atomic E-state index is 12.4. The van der Waals surface area contributed by atoms with Gasteiger partial charge in [0.1, 0.15) is 6.23 Å². The molecule has 2 N–H and O–H groups in total. The normalized spacial score (nSPS) is 20.5. The summed E-state index contributed by atoms with van der Waals surface area (Å²) in [5, 5.41) is 13.4. The third-order valence-corrected chi connectivity index (χ3v) is 4.63. The van der Waals surface area contributed by atoms with E-state index in [4.69, 9.17) is 0 Å². The monoisotopic (exact) mass is 374 g/mol. The molecule has 2 atom stereocenters. The number of amides is 1. The number of nitrogens with one attached hydrogen (secondary N) is 1. The van der Waals surface area contributed by atoms with E-state index in [0.29, 0.717) is 19.5 Å². The summed E-state index contributed by atoms with van der Waals surface area (Å²) in [6.45, 7) is 1.15. The quantitative estimate of drug-likeness (QED) is 0.864. The second-order valence-corrected chi connectivity index (χ2v) is 6.60. The van der Waals surface area contributed by atoms with Gasteiger partial charge in [0.25, 0.3) is 0 Å². The molecular weight excluding hydrogens is 356 g/mol. The van der Waals surface area contributed by atoms with Gasteiger partial charge in [0.05, 0.1) is 5.92 Å². The van der Waals surface area contributed by atoms with Gasteiger partial charge in [0, 0.05) is 23.2 Å². The molecule has 5 heteroatoms. The average molecular weight is 375 g/mol. The number of para-hydroxylation sites is 1. The maximum absolute atomic E-state index is 12.4. The molecule has 0 saturated carbocycles. The summed E-state index contributed by atoms with van der Waals surface area (Å²) in [5.74, 6) is -0.502. The highest BCUT2D eigenvalue weighted by Crippen LogP contribution is 2.28. The summed E-state index contributed by atoms with van der Waals surface area (Å²) in [7, 11) is 0. The number of benzene rings is 2. The Labute approximate surface area is 144 Å². The third-order valence-electron chi connectivity index (χ3n) is 4.14. The van der Waals surface area contributed by atoms with E-state index in [1.807, 2.05) is 59.5 Å². The van der Waals surface area contributed by atoms with Gasteiger partial charge in [-0.1, -0.05) is 46.3 Å². The first-order chi connectivity index (χ1) is 11.1. The fraction of sp³-hybridized carbons (Fsp3) is 0.278. The largest absolute Gasteiger partial charge is 0.373 e. The van der Waals surface area contributed by atoms with E-state index in [1.54, 1.807) is 0 Å². The van der Waals surface area contributed by atoms with Crippen molar-refractivity contribution in [2.45, 2.75) is 19.2 Å². The number of carbonyl (C=O) groups excluding carboxylic acids is 1. The van der Waals surface area contributed by atoms with Crippen LogP contribution in [0, 0.1) is 5.92 Å². The van der Waals surface area contributed by atoms with Gasteiger partial charge in [-0.15, -0.1) is 0 Å². The van der Waals surface area contributed by atoms with E-state index in [2.05, 4.69) is 21.2 Å². The highest BCUT2D eigenvalue weighted by atomic mass is 79.9. The minimum atomic E-state index is -0.778. The fourth-order valence-corrected chi connectivity index (χ4v) is 3.36. The lowest BCUT2D eigenvalue weighted by Crippen LogP contribution is -2.40. The van der Waals surface area contributed by atoms with Crippen LogP contribution in [0.25, 0.3) is 0 Å². The number of hydrogen-bond acceptors (Lipinski definition) is 3. The molecule has 0 aromatic heterocycles. The van der Waals surface area contributed by atoms with E-state index in [9.17, 15) is 9.90 Å². The number of aliphatic hydroxyl groups excluding tert-OH is 1. The Morgan fingerprint density at radius 2 is 2.00 bits per heavy atom. The first kappa shape index (κ1) is 16.0. The topological polar surface area (TPSA) is 52.6 Å². The number of hydrogen-bond donors (Lipinski definition) is 2. The Morgan fingerprint density at radius 3 is 2.74 bits per heavy atom. The molecule has 1 aliphatic rings. The number of rotatable bonds is 4. The molecule has 1 fully saturated rings. The van der Waals surface area contributed by atoms with Crippen LogP contribution in [0.1, 0.15) is 12.0 Å². The number of anilines is 1. The first-order valence-electron chi connectivity index (χ1n) is 7.67. The summed E-state index contributed by atoms with van der Waals surface area (Å²) < 4.78 is 0.986. The lowest BCUT2D eigenvalue weighted by Gasteiger charge is -2.25. The van der Waals surface area contributed by atoms with Crippen LogP contribution in [0.15, 0.2) is 59.1 Å². The minimum Gasteiger partial charge on any atom is -0.373 e. The number of carbonyl (C=O) groups is 1. The Hall–Kier alpha value is -1.85. The van der Waals surface area contributed by atoms with Crippen molar-refractivity contribution in [3.63, 3.8) is 0 Å². The van der Waals surface area contributed by atoms with Gasteiger partial charge in [0.2, 0.25) is 5.91 Å². The molecule has 0 bridgehead atoms. The molecular formula is C18H19BrN2O2. The van der Waals surface area contributed by atoms with E-state index in [0.717, 1.165) is 15.7 Å². The molecule has 1 aliphatic heterocycles. The summed E-state index contributed by atoms with van der Waals surface area (Å²) >= 11 is 3.42. The second-order valence-electron chi connectivity index (χ2n) is 5.69. The predicted octanol–water partition coefficient (Wildman–Crippen LogP) is 2.91. The molecule has 2 aromatic rings. The summed E-state index contributed by atoms with van der Waals surface area (Å²) in [4.78, 5) is 14.3. The predicted molar refractivity (Wildman–Crippen MR) is 93.9 cm³/mol. The van der Waals surface area contributed by atoms with Crippen LogP contribution in [0.3, 0.4) is 0 Å². The molecule has 0 aliphatic carbocycles. The van der Waals surface area contributed by atoms with E-state index < -0.39 is 12.1 Å². The molecule has 23 heavy (non-hydrogen) atoms. The van der Waals surface area contributed by atoms with Gasteiger partial charge in [-0.3, -0.25) is 4.79 Å². The zero-order valence-electron chi connectivity index (χ0n) is 12.7. The van der Waals surface area contributed by atoms with Gasteiger partial charge in [-0.05, 0) is 36.2 Å². The lowest BCUT2D eigenvalue weighted by molar-refractivity contribution is -0.127. The van der Waals surface area contributed by atoms with Gasteiger partial charge in [0.15, 0.2) is 0 Å². The number of nitrogens with zero attached hydrogens (tertiary/aromatic N) is 1. The van der Waals surface area contributed by atoms with Crippen molar-refractivity contribution in [2.75, 3.05) is 11.4 Å². The molecule has 0 radical (unpaired) electrons. The van der Waals surface area contributed by atoms with Crippen molar-refractivity contribution in [3.8, 4) is 0 Å². The minimum absolute atomic E-state index is 0.101. The van der Waals surface area contributed by atoms with Crippen LogP contribution in [0.2, 0.25) is 0 Å². The molecule has 1 amide bonds. The highest BCUT2D eigenvalue weighted by Gasteiger charge is 2.37. The number of halogens is 1. The van der Waals surface area contributed by atoms with Crippen LogP contribution in [0.5, 0.6) is 0 Å². The molecule has 1 saturated heterocycles. The lowest BCUT2D eigenvalue weighted by atomic mass is 10.1. The molecule has 2 aromatic carbocycles. The number of aliphatic hydroxyl groups is 1. The van der Waals surface area contributed by atoms with Gasteiger partial charge in [-0.25, -0.2) is 0 Å². The Kier molecular flexibility index (Phi) is 4.98. The Balaban J connectivity index is 1.60. The van der Waals surface area contributed by atoms with Crippen molar-refractivity contribution in [1.29, 1.82) is 0 Å². The molecule has 0 spiro atoms. The third kappa shape index (κ3) is 3.74. The van der Waals surface area contributed by atoms with Crippen LogP contribution >= 0.6 is 15.9 Å². The molecule has 4 nitrogen and oxygen atoms in total. The van der Waals surface area contributed by atoms with Crippen LogP contribution in [-0.4, -0.2) is 23.8 Å². The highest BCUT2D eigenvalue weighted by molar-refractivity contribution is 9.10. The molecule has 3 rings (SSSR count). The Bertz CT molecular complexity index is 678. The van der Waals surface area contributed by atoms with Crippen molar-refractivity contribution in [3.05, 3.63) is 64.6 Å². The van der Waals surface area contributed by atoms with E-state index >= 15 is 0 Å². The molecule has 1 heterocycles. The van der Waals surface area contributed by atoms with Gasteiger partial charge < -0.3 is 15.3 Å². The van der Waals surface area contributed by atoms with Crippen LogP contribution in [-0.2, 0) is 11.3 Å². The zero-order chi connectivity index (χ0) is 16.2. The SMILES string of the molecule is O=C(NCc1cccc(Br)c1)C1CCN(c2ccccc2)C1O. The first-order valence-corrected chi connectivity index (χ1v) is 8.46.